The molecule has 2 unspecified atom stereocenters. The van der Waals surface area contributed by atoms with Crippen LogP contribution in [-0.2, 0) is 4.74 Å². The van der Waals surface area contributed by atoms with Crippen LogP contribution in [-0.4, -0.2) is 37.9 Å². The van der Waals surface area contributed by atoms with Gasteiger partial charge in [-0.25, -0.2) is 0 Å². The molecule has 0 radical (unpaired) electrons. The van der Waals surface area contributed by atoms with Crippen molar-refractivity contribution in [1.82, 2.24) is 10.6 Å². The van der Waals surface area contributed by atoms with Gasteiger partial charge in [0.1, 0.15) is 0 Å². The Balaban J connectivity index is 1.62. The van der Waals surface area contributed by atoms with E-state index >= 15 is 0 Å². The van der Waals surface area contributed by atoms with Gasteiger partial charge in [-0.05, 0) is 39.2 Å². The number of rotatable bonds is 4. The van der Waals surface area contributed by atoms with Crippen molar-refractivity contribution in [2.45, 2.75) is 57.1 Å². The van der Waals surface area contributed by atoms with Crippen LogP contribution in [0.15, 0.2) is 0 Å². The van der Waals surface area contributed by atoms with Gasteiger partial charge in [0.25, 0.3) is 0 Å². The van der Waals surface area contributed by atoms with Crippen LogP contribution in [0, 0.1) is 0 Å². The molecule has 16 heavy (non-hydrogen) atoms. The number of ether oxygens (including phenoxy) is 1. The Morgan fingerprint density at radius 2 is 2.25 bits per heavy atom. The Labute approximate surface area is 99.3 Å². The Morgan fingerprint density at radius 3 is 3.06 bits per heavy atom. The van der Waals surface area contributed by atoms with E-state index in [4.69, 9.17) is 4.74 Å². The van der Waals surface area contributed by atoms with Crippen molar-refractivity contribution in [2.75, 3.05) is 26.2 Å². The van der Waals surface area contributed by atoms with Crippen LogP contribution in [0.3, 0.4) is 0 Å². The zero-order chi connectivity index (χ0) is 11.3. The molecular formula is C13H26N2O. The molecular weight excluding hydrogens is 200 g/mol. The first-order valence-corrected chi connectivity index (χ1v) is 6.87. The second-order valence-corrected chi connectivity index (χ2v) is 5.53. The molecule has 3 heteroatoms. The summed E-state index contributed by atoms with van der Waals surface area (Å²) in [7, 11) is 0. The molecule has 2 saturated heterocycles. The normalized spacial score (nSPS) is 36.2. The van der Waals surface area contributed by atoms with E-state index in [0.717, 1.165) is 19.7 Å². The van der Waals surface area contributed by atoms with Crippen LogP contribution >= 0.6 is 0 Å². The maximum atomic E-state index is 5.77. The second-order valence-electron chi connectivity index (χ2n) is 5.53. The van der Waals surface area contributed by atoms with Crippen molar-refractivity contribution >= 4 is 0 Å². The molecule has 2 N–H and O–H groups in total. The van der Waals surface area contributed by atoms with E-state index in [-0.39, 0.29) is 5.60 Å². The summed E-state index contributed by atoms with van der Waals surface area (Å²) in [6.07, 6.45) is 7.87. The fraction of sp³-hybridized carbons (Fsp3) is 1.00. The quantitative estimate of drug-likeness (QED) is 0.765. The highest BCUT2D eigenvalue weighted by molar-refractivity contribution is 4.83. The Morgan fingerprint density at radius 1 is 1.31 bits per heavy atom. The predicted molar refractivity (Wildman–Crippen MR) is 66.7 cm³/mol. The minimum Gasteiger partial charge on any atom is -0.374 e. The summed E-state index contributed by atoms with van der Waals surface area (Å²) in [5.41, 5.74) is 0.102. The zero-order valence-electron chi connectivity index (χ0n) is 10.6. The lowest BCUT2D eigenvalue weighted by atomic mass is 10.0. The van der Waals surface area contributed by atoms with Crippen LogP contribution in [0.4, 0.5) is 0 Å². The summed E-state index contributed by atoms with van der Waals surface area (Å²) in [6.45, 7) is 6.47. The molecule has 0 aliphatic carbocycles. The molecule has 0 spiro atoms. The molecule has 2 atom stereocenters. The third kappa shape index (κ3) is 3.72. The molecule has 0 aromatic rings. The fourth-order valence-electron chi connectivity index (χ4n) is 2.76. The number of hydrogen-bond donors (Lipinski definition) is 2. The van der Waals surface area contributed by atoms with Gasteiger partial charge in [-0.15, -0.1) is 0 Å². The van der Waals surface area contributed by atoms with Crippen molar-refractivity contribution in [3.8, 4) is 0 Å². The minimum absolute atomic E-state index is 0.102. The average molecular weight is 226 g/mol. The maximum Gasteiger partial charge on any atom is 0.0779 e. The molecule has 2 heterocycles. The summed E-state index contributed by atoms with van der Waals surface area (Å²) in [4.78, 5) is 0. The molecule has 0 aromatic heterocycles. The van der Waals surface area contributed by atoms with Crippen LogP contribution in [0.1, 0.15) is 45.4 Å². The molecule has 2 aliphatic heterocycles. The molecule has 0 bridgehead atoms. The van der Waals surface area contributed by atoms with Gasteiger partial charge >= 0.3 is 0 Å². The minimum atomic E-state index is 0.102. The first-order valence-electron chi connectivity index (χ1n) is 6.87. The van der Waals surface area contributed by atoms with Gasteiger partial charge in [0.05, 0.1) is 5.60 Å². The summed E-state index contributed by atoms with van der Waals surface area (Å²) in [5.74, 6) is 0. The Bertz CT molecular complexity index is 194. The average Bonchev–Trinajstić information content (AvgIpc) is 2.53. The van der Waals surface area contributed by atoms with E-state index in [2.05, 4.69) is 17.6 Å². The summed E-state index contributed by atoms with van der Waals surface area (Å²) in [6, 6.07) is 0.674. The smallest absolute Gasteiger partial charge is 0.0779 e. The third-order valence-electron chi connectivity index (χ3n) is 3.85. The van der Waals surface area contributed by atoms with E-state index in [1.807, 2.05) is 0 Å². The van der Waals surface area contributed by atoms with Gasteiger partial charge in [0.15, 0.2) is 0 Å². The molecule has 2 fully saturated rings. The van der Waals surface area contributed by atoms with Crippen LogP contribution < -0.4 is 10.6 Å². The highest BCUT2D eigenvalue weighted by Gasteiger charge is 2.29. The number of hydrogen-bond acceptors (Lipinski definition) is 3. The van der Waals surface area contributed by atoms with Gasteiger partial charge in [-0.2, -0.15) is 0 Å². The largest absolute Gasteiger partial charge is 0.374 e. The van der Waals surface area contributed by atoms with E-state index in [9.17, 15) is 0 Å². The zero-order valence-corrected chi connectivity index (χ0v) is 10.6. The summed E-state index contributed by atoms with van der Waals surface area (Å²) < 4.78 is 5.77. The van der Waals surface area contributed by atoms with Gasteiger partial charge in [0.2, 0.25) is 0 Å². The standard InChI is InChI=1S/C13H26N2O/c1-13(7-5-9-16-13)11-14-10-12-6-3-2-4-8-15-12/h12,14-15H,2-11H2,1H3. The van der Waals surface area contributed by atoms with E-state index in [1.165, 1.54) is 45.1 Å². The topological polar surface area (TPSA) is 33.3 Å². The predicted octanol–water partition coefficient (Wildman–Crippen LogP) is 1.68. The van der Waals surface area contributed by atoms with Gasteiger partial charge in [0, 0.05) is 25.7 Å². The first kappa shape index (κ1) is 12.3. The molecule has 3 nitrogen and oxygen atoms in total. The van der Waals surface area contributed by atoms with Gasteiger partial charge < -0.3 is 15.4 Å². The Hall–Kier alpha value is -0.120. The summed E-state index contributed by atoms with van der Waals surface area (Å²) in [5, 5.41) is 7.19. The van der Waals surface area contributed by atoms with Crippen molar-refractivity contribution in [3.63, 3.8) is 0 Å². The molecule has 0 amide bonds. The van der Waals surface area contributed by atoms with Crippen molar-refractivity contribution in [2.24, 2.45) is 0 Å². The van der Waals surface area contributed by atoms with Gasteiger partial charge in [-0.3, -0.25) is 0 Å². The maximum absolute atomic E-state index is 5.77. The lowest BCUT2D eigenvalue weighted by molar-refractivity contribution is 0.0206. The van der Waals surface area contributed by atoms with E-state index in [1.54, 1.807) is 0 Å². The van der Waals surface area contributed by atoms with Crippen LogP contribution in [0.2, 0.25) is 0 Å². The Kier molecular flexibility index (Phi) is 4.62. The third-order valence-corrected chi connectivity index (χ3v) is 3.85. The molecule has 2 aliphatic rings. The van der Waals surface area contributed by atoms with E-state index < -0.39 is 0 Å². The highest BCUT2D eigenvalue weighted by Crippen LogP contribution is 2.23. The lowest BCUT2D eigenvalue weighted by Crippen LogP contribution is -2.44. The molecule has 0 saturated carbocycles. The highest BCUT2D eigenvalue weighted by atomic mass is 16.5. The summed E-state index contributed by atoms with van der Waals surface area (Å²) >= 11 is 0. The molecule has 0 aromatic carbocycles. The van der Waals surface area contributed by atoms with Gasteiger partial charge in [-0.1, -0.05) is 12.8 Å². The molecule has 94 valence electrons. The first-order chi connectivity index (χ1) is 7.79. The van der Waals surface area contributed by atoms with Crippen molar-refractivity contribution in [1.29, 1.82) is 0 Å². The van der Waals surface area contributed by atoms with E-state index in [0.29, 0.717) is 6.04 Å². The monoisotopic (exact) mass is 226 g/mol. The lowest BCUT2D eigenvalue weighted by Gasteiger charge is -2.25. The fourth-order valence-corrected chi connectivity index (χ4v) is 2.76. The molecule has 2 rings (SSSR count). The van der Waals surface area contributed by atoms with Crippen molar-refractivity contribution < 1.29 is 4.74 Å². The SMILES string of the molecule is CC1(CNCC2CCCCCN2)CCCO1. The van der Waals surface area contributed by atoms with Crippen LogP contribution in [0.5, 0.6) is 0 Å². The number of nitrogens with one attached hydrogen (secondary N) is 2. The second kappa shape index (κ2) is 5.99. The van der Waals surface area contributed by atoms with Crippen LogP contribution in [0.25, 0.3) is 0 Å². The van der Waals surface area contributed by atoms with Crippen molar-refractivity contribution in [3.05, 3.63) is 0 Å².